The fourth-order valence-corrected chi connectivity index (χ4v) is 2.84. The molecule has 1 aromatic rings. The molecular weight excluding hydrogens is 352 g/mol. The van der Waals surface area contributed by atoms with Gasteiger partial charge in [-0.2, -0.15) is 0 Å². The van der Waals surface area contributed by atoms with Crippen molar-refractivity contribution in [2.75, 3.05) is 20.8 Å². The number of nitrogens with one attached hydrogen (secondary N) is 2. The maximum Gasteiger partial charge on any atom is 0.331 e. The van der Waals surface area contributed by atoms with Gasteiger partial charge in [0.15, 0.2) is 18.1 Å². The predicted octanol–water partition coefficient (Wildman–Crippen LogP) is 2.03. The number of rotatable bonds is 7. The molecule has 2 rings (SSSR count). The smallest absolute Gasteiger partial charge is 0.331 e. The van der Waals surface area contributed by atoms with E-state index in [1.165, 1.54) is 26.4 Å². The molecule has 146 valence electrons. The summed E-state index contributed by atoms with van der Waals surface area (Å²) in [6.45, 7) is -0.545. The van der Waals surface area contributed by atoms with Crippen LogP contribution in [0.1, 0.15) is 31.2 Å². The molecule has 8 heteroatoms. The van der Waals surface area contributed by atoms with E-state index >= 15 is 0 Å². The molecule has 3 amide bonds. The normalized spacial score (nSPS) is 14.0. The molecule has 0 aromatic heterocycles. The highest BCUT2D eigenvalue weighted by atomic mass is 16.5. The minimum atomic E-state index is -0.716. The van der Waals surface area contributed by atoms with E-state index < -0.39 is 24.5 Å². The van der Waals surface area contributed by atoms with Crippen LogP contribution in [-0.4, -0.2) is 44.8 Å². The van der Waals surface area contributed by atoms with Crippen LogP contribution in [0.3, 0.4) is 0 Å². The van der Waals surface area contributed by atoms with Gasteiger partial charge in [0.05, 0.1) is 14.2 Å². The van der Waals surface area contributed by atoms with E-state index in [2.05, 4.69) is 10.6 Å². The molecule has 0 bridgehead atoms. The Bertz CT molecular complexity index is 710. The van der Waals surface area contributed by atoms with Gasteiger partial charge in [0.2, 0.25) is 0 Å². The predicted molar refractivity (Wildman–Crippen MR) is 98.5 cm³/mol. The van der Waals surface area contributed by atoms with Crippen LogP contribution in [0.15, 0.2) is 24.3 Å². The van der Waals surface area contributed by atoms with Crippen molar-refractivity contribution in [1.29, 1.82) is 0 Å². The molecule has 0 unspecified atom stereocenters. The average Bonchev–Trinajstić information content (AvgIpc) is 3.16. The topological polar surface area (TPSA) is 103 Å². The van der Waals surface area contributed by atoms with Gasteiger partial charge < -0.3 is 19.5 Å². The van der Waals surface area contributed by atoms with Gasteiger partial charge in [0, 0.05) is 17.7 Å². The van der Waals surface area contributed by atoms with Gasteiger partial charge >= 0.3 is 12.0 Å². The Morgan fingerprint density at radius 2 is 1.89 bits per heavy atom. The van der Waals surface area contributed by atoms with Crippen LogP contribution >= 0.6 is 0 Å². The number of carbonyl (C=O) groups is 3. The number of ether oxygens (including phenoxy) is 3. The first-order valence-corrected chi connectivity index (χ1v) is 8.69. The van der Waals surface area contributed by atoms with Crippen LogP contribution in [0.2, 0.25) is 0 Å². The molecule has 8 nitrogen and oxygen atoms in total. The lowest BCUT2D eigenvalue weighted by atomic mass is 10.1. The Balaban J connectivity index is 1.79. The van der Waals surface area contributed by atoms with E-state index in [9.17, 15) is 14.4 Å². The Kier molecular flexibility index (Phi) is 7.66. The standard InChI is InChI=1S/C19H24N2O6/c1-25-15-9-5-6-13(18(15)26-2)10-11-17(23)27-12-16(22)21-19(24)20-14-7-3-4-8-14/h5-6,9-11,14H,3-4,7-8,12H2,1-2H3,(H2,20,21,22,24)/b11-10+. The average molecular weight is 376 g/mol. The highest BCUT2D eigenvalue weighted by Gasteiger charge is 2.18. The van der Waals surface area contributed by atoms with Gasteiger partial charge in [-0.15, -0.1) is 0 Å². The monoisotopic (exact) mass is 376 g/mol. The lowest BCUT2D eigenvalue weighted by molar-refractivity contribution is -0.143. The number of hydrogen-bond acceptors (Lipinski definition) is 6. The van der Waals surface area contributed by atoms with Crippen molar-refractivity contribution in [2.45, 2.75) is 31.7 Å². The summed E-state index contributed by atoms with van der Waals surface area (Å²) in [5, 5.41) is 4.86. The number of carbonyl (C=O) groups excluding carboxylic acids is 3. The number of esters is 1. The Labute approximate surface area is 157 Å². The zero-order valence-corrected chi connectivity index (χ0v) is 15.4. The molecule has 0 spiro atoms. The molecule has 0 atom stereocenters. The summed E-state index contributed by atoms with van der Waals surface area (Å²) in [6.07, 6.45) is 6.63. The number of benzene rings is 1. The van der Waals surface area contributed by atoms with Crippen molar-refractivity contribution in [1.82, 2.24) is 10.6 Å². The number of hydrogen-bond donors (Lipinski definition) is 2. The number of para-hydroxylation sites is 1. The van der Waals surface area contributed by atoms with Crippen LogP contribution in [0.25, 0.3) is 6.08 Å². The van der Waals surface area contributed by atoms with Crippen LogP contribution in [-0.2, 0) is 14.3 Å². The maximum absolute atomic E-state index is 11.8. The van der Waals surface area contributed by atoms with Gasteiger partial charge in [-0.1, -0.05) is 25.0 Å². The highest BCUT2D eigenvalue weighted by molar-refractivity contribution is 5.96. The molecule has 0 saturated heterocycles. The minimum absolute atomic E-state index is 0.0983. The third kappa shape index (κ3) is 6.32. The minimum Gasteiger partial charge on any atom is -0.493 e. The molecule has 1 saturated carbocycles. The Morgan fingerprint density at radius 1 is 1.15 bits per heavy atom. The fraction of sp³-hybridized carbons (Fsp3) is 0.421. The lowest BCUT2D eigenvalue weighted by Gasteiger charge is -2.12. The van der Waals surface area contributed by atoms with E-state index in [1.54, 1.807) is 18.2 Å². The summed E-state index contributed by atoms with van der Waals surface area (Å²) >= 11 is 0. The summed E-state index contributed by atoms with van der Waals surface area (Å²) in [4.78, 5) is 35.1. The summed E-state index contributed by atoms with van der Waals surface area (Å²) < 4.78 is 15.3. The van der Waals surface area contributed by atoms with E-state index in [1.807, 2.05) is 0 Å². The fourth-order valence-electron chi connectivity index (χ4n) is 2.84. The van der Waals surface area contributed by atoms with Crippen molar-refractivity contribution in [3.63, 3.8) is 0 Å². The number of urea groups is 1. The van der Waals surface area contributed by atoms with E-state index in [0.717, 1.165) is 25.7 Å². The first-order chi connectivity index (χ1) is 13.0. The largest absolute Gasteiger partial charge is 0.493 e. The quantitative estimate of drug-likeness (QED) is 0.558. The molecule has 27 heavy (non-hydrogen) atoms. The van der Waals surface area contributed by atoms with E-state index in [4.69, 9.17) is 14.2 Å². The van der Waals surface area contributed by atoms with Crippen molar-refractivity contribution >= 4 is 24.0 Å². The molecule has 1 aliphatic rings. The zero-order chi connectivity index (χ0) is 19.6. The van der Waals surface area contributed by atoms with Crippen LogP contribution in [0.5, 0.6) is 11.5 Å². The molecule has 1 fully saturated rings. The van der Waals surface area contributed by atoms with Gasteiger partial charge in [-0.05, 0) is 25.0 Å². The maximum atomic E-state index is 11.8. The number of imide groups is 1. The summed E-state index contributed by atoms with van der Waals surface area (Å²) in [5.41, 5.74) is 0.620. The lowest BCUT2D eigenvalue weighted by Crippen LogP contribution is -2.44. The SMILES string of the molecule is COc1cccc(/C=C/C(=O)OCC(=O)NC(=O)NC2CCCC2)c1OC. The molecule has 0 aliphatic heterocycles. The number of amides is 3. The molecular formula is C19H24N2O6. The third-order valence-corrected chi connectivity index (χ3v) is 4.12. The van der Waals surface area contributed by atoms with Crippen LogP contribution in [0, 0.1) is 0 Å². The molecule has 0 radical (unpaired) electrons. The molecule has 1 aliphatic carbocycles. The van der Waals surface area contributed by atoms with Gasteiger partial charge in [-0.25, -0.2) is 9.59 Å². The third-order valence-electron chi connectivity index (χ3n) is 4.12. The first-order valence-electron chi connectivity index (χ1n) is 8.69. The van der Waals surface area contributed by atoms with Crippen LogP contribution < -0.4 is 20.1 Å². The van der Waals surface area contributed by atoms with E-state index in [-0.39, 0.29) is 6.04 Å². The number of methoxy groups -OCH3 is 2. The molecule has 0 heterocycles. The van der Waals surface area contributed by atoms with Crippen molar-refractivity contribution in [2.24, 2.45) is 0 Å². The highest BCUT2D eigenvalue weighted by Crippen LogP contribution is 2.31. The van der Waals surface area contributed by atoms with Crippen LogP contribution in [0.4, 0.5) is 4.79 Å². The second-order valence-electron chi connectivity index (χ2n) is 6.03. The molecule has 1 aromatic carbocycles. The van der Waals surface area contributed by atoms with Crippen molar-refractivity contribution < 1.29 is 28.6 Å². The van der Waals surface area contributed by atoms with Gasteiger partial charge in [-0.3, -0.25) is 10.1 Å². The summed E-state index contributed by atoms with van der Waals surface area (Å²) in [5.74, 6) is -0.400. The van der Waals surface area contributed by atoms with Gasteiger partial charge in [0.1, 0.15) is 0 Å². The summed E-state index contributed by atoms with van der Waals surface area (Å²) in [6, 6.07) is 4.75. The van der Waals surface area contributed by atoms with E-state index in [0.29, 0.717) is 17.1 Å². The Hall–Kier alpha value is -3.03. The van der Waals surface area contributed by atoms with Gasteiger partial charge in [0.25, 0.3) is 5.91 Å². The first kappa shape index (κ1) is 20.3. The Morgan fingerprint density at radius 3 is 2.56 bits per heavy atom. The van der Waals surface area contributed by atoms with Crippen molar-refractivity contribution in [3.8, 4) is 11.5 Å². The molecule has 2 N–H and O–H groups in total. The zero-order valence-electron chi connectivity index (χ0n) is 15.4. The van der Waals surface area contributed by atoms with Crippen molar-refractivity contribution in [3.05, 3.63) is 29.8 Å². The summed E-state index contributed by atoms with van der Waals surface area (Å²) in [7, 11) is 3.01. The second kappa shape index (κ2) is 10.2. The second-order valence-corrected chi connectivity index (χ2v) is 6.03.